The van der Waals surface area contributed by atoms with Crippen LogP contribution in [0.2, 0.25) is 0 Å². The second kappa shape index (κ2) is 12.9. The number of carbonyl (C=O) groups is 2. The van der Waals surface area contributed by atoms with Gasteiger partial charge in [-0.1, -0.05) is 60.7 Å². The number of H-pyrrole nitrogens is 2. The monoisotopic (exact) mass is 739 g/mol. The number of hydrogen-bond acceptors (Lipinski definition) is 6. The first-order valence-corrected chi connectivity index (χ1v) is 18.9. The average molecular weight is 740 g/mol. The molecule has 4 aromatic carbocycles. The van der Waals surface area contributed by atoms with Gasteiger partial charge in [-0.25, -0.2) is 14.8 Å². The number of benzene rings is 4. The smallest absolute Gasteiger partial charge is 0.407 e. The van der Waals surface area contributed by atoms with Gasteiger partial charge in [0.2, 0.25) is 0 Å². The van der Waals surface area contributed by atoms with Crippen molar-refractivity contribution >= 4 is 23.0 Å². The Morgan fingerprint density at radius 2 is 1.64 bits per heavy atom. The molecule has 0 radical (unpaired) electrons. The van der Waals surface area contributed by atoms with Gasteiger partial charge >= 0.3 is 6.09 Å². The van der Waals surface area contributed by atoms with E-state index in [1.54, 1.807) is 30.5 Å². The molecule has 2 aliphatic carbocycles. The van der Waals surface area contributed by atoms with E-state index in [1.807, 2.05) is 65.6 Å². The first kappa shape index (κ1) is 33.7. The summed E-state index contributed by atoms with van der Waals surface area (Å²) in [6.45, 7) is 0.944. The van der Waals surface area contributed by atoms with E-state index in [0.717, 1.165) is 66.8 Å². The topological polar surface area (TPSA) is 128 Å². The van der Waals surface area contributed by atoms with Gasteiger partial charge in [0.15, 0.2) is 0 Å². The molecule has 3 fully saturated rings. The number of aromatic nitrogens is 4. The molecule has 0 spiro atoms. The highest BCUT2D eigenvalue weighted by atomic mass is 19.3. The van der Waals surface area contributed by atoms with E-state index in [-0.39, 0.29) is 41.1 Å². The Kier molecular flexibility index (Phi) is 7.88. The number of amides is 2. The number of imidazole rings is 2. The summed E-state index contributed by atoms with van der Waals surface area (Å²) >= 11 is 0. The average Bonchev–Trinajstić information content (AvgIpc) is 4.08. The zero-order valence-electron chi connectivity index (χ0n) is 30.1. The van der Waals surface area contributed by atoms with Crippen molar-refractivity contribution in [2.45, 2.75) is 62.2 Å². The van der Waals surface area contributed by atoms with E-state index in [0.29, 0.717) is 33.6 Å². The first-order chi connectivity index (χ1) is 26.8. The number of methoxy groups -OCH3 is 1. The van der Waals surface area contributed by atoms with Gasteiger partial charge in [0.25, 0.3) is 11.8 Å². The van der Waals surface area contributed by atoms with Crippen molar-refractivity contribution in [2.75, 3.05) is 13.7 Å². The highest BCUT2D eigenvalue weighted by Gasteiger charge is 2.51. The third kappa shape index (κ3) is 5.52. The summed E-state index contributed by atoms with van der Waals surface area (Å²) in [5.41, 5.74) is 6.00. The first-order valence-electron chi connectivity index (χ1n) is 18.9. The summed E-state index contributed by atoms with van der Waals surface area (Å²) in [7, 11) is 1.28. The van der Waals surface area contributed by atoms with E-state index in [2.05, 4.69) is 25.6 Å². The van der Waals surface area contributed by atoms with Crippen LogP contribution in [0.25, 0.3) is 44.5 Å². The predicted molar refractivity (Wildman–Crippen MR) is 203 cm³/mol. The van der Waals surface area contributed by atoms with Gasteiger partial charge < -0.3 is 30.2 Å². The fourth-order valence-electron chi connectivity index (χ4n) is 9.41. The minimum absolute atomic E-state index is 0.0118. The lowest BCUT2D eigenvalue weighted by Gasteiger charge is -2.36. The normalized spacial score (nSPS) is 22.5. The number of hydrogen-bond donors (Lipinski definition) is 4. The van der Waals surface area contributed by atoms with Crippen molar-refractivity contribution in [1.82, 2.24) is 35.5 Å². The number of nitrogens with zero attached hydrogens (tertiary/aromatic N) is 3. The lowest BCUT2D eigenvalue weighted by molar-refractivity contribution is -0.138. The molecule has 1 saturated carbocycles. The number of carbonyl (C=O) groups excluding carboxylic acids is 2. The maximum Gasteiger partial charge on any atom is 0.407 e. The second-order valence-corrected chi connectivity index (χ2v) is 15.2. The van der Waals surface area contributed by atoms with Crippen LogP contribution in [0.5, 0.6) is 0 Å². The number of halogens is 2. The van der Waals surface area contributed by atoms with E-state index in [4.69, 9.17) is 9.72 Å². The molecule has 4 aliphatic rings. The van der Waals surface area contributed by atoms with Crippen LogP contribution < -0.4 is 10.6 Å². The van der Waals surface area contributed by atoms with Gasteiger partial charge in [-0.05, 0) is 96.6 Å². The largest absolute Gasteiger partial charge is 0.453 e. The number of ether oxygens (including phenoxy) is 1. The quantitative estimate of drug-likeness (QED) is 0.130. The van der Waals surface area contributed by atoms with Crippen LogP contribution in [-0.4, -0.2) is 56.5 Å². The summed E-state index contributed by atoms with van der Waals surface area (Å²) in [5.74, 6) is -1.68. The molecule has 5 atom stereocenters. The van der Waals surface area contributed by atoms with Crippen molar-refractivity contribution < 1.29 is 23.1 Å². The van der Waals surface area contributed by atoms with Crippen LogP contribution in [0.15, 0.2) is 91.1 Å². The summed E-state index contributed by atoms with van der Waals surface area (Å²) < 4.78 is 37.5. The minimum Gasteiger partial charge on any atom is -0.453 e. The van der Waals surface area contributed by atoms with Crippen LogP contribution in [0.3, 0.4) is 0 Å². The molecule has 2 aliphatic heterocycles. The maximum absolute atomic E-state index is 16.3. The van der Waals surface area contributed by atoms with Gasteiger partial charge in [-0.15, -0.1) is 0 Å². The molecule has 4 heterocycles. The number of likely N-dealkylation sites (tertiary alicyclic amines) is 1. The Morgan fingerprint density at radius 1 is 0.891 bits per heavy atom. The molecule has 2 bridgehead atoms. The van der Waals surface area contributed by atoms with Crippen molar-refractivity contribution in [3.8, 4) is 33.5 Å². The number of nitrogens with one attached hydrogen (secondary N) is 4. The third-order valence-corrected chi connectivity index (χ3v) is 12.1. The minimum atomic E-state index is -3.18. The molecule has 2 saturated heterocycles. The van der Waals surface area contributed by atoms with Gasteiger partial charge in [0.05, 0.1) is 42.1 Å². The van der Waals surface area contributed by atoms with Gasteiger partial charge in [-0.2, -0.15) is 8.78 Å². The Morgan fingerprint density at radius 3 is 2.40 bits per heavy atom. The fraction of sp³-hybridized carbons (Fsp3) is 0.302. The second-order valence-electron chi connectivity index (χ2n) is 15.2. The summed E-state index contributed by atoms with van der Waals surface area (Å²) in [4.78, 5) is 45.0. The SMILES string of the molecule is COC(=O)N[C@@H](C(=O)N1[C@@H]2CC[C@H](C2)[C@H]1c1nc2ccc(-c3ccc4c(c3)C(F)(F)c3cc(-c5cnc([C@@H]6CCCN6)[nH]5)ccc3-4)cc2[nH]1)c1ccccc1. The molecule has 2 aromatic heterocycles. The Bertz CT molecular complexity index is 2470. The predicted octanol–water partition coefficient (Wildman–Crippen LogP) is 8.31. The standard InChI is InChI=1S/C43H39F2N7O3/c1-55-42(54)51-37(23-6-3-2-4-7-23)41(53)52-28-13-9-27(18-28)38(52)40-48-33-16-12-25(21-35(33)49-40)24-10-14-29-30-15-11-26(20-32(30)43(44,45)31(29)19-24)36-22-47-39(50-36)34-8-5-17-46-34/h2-4,6-7,10-12,14-16,19-22,27-28,34,37-38,46H,5,8-9,13,17-18H2,1H3,(H,47,50)(H,48,49)(H,51,54)/t27-,28-,34+,37-,38+/m1/s1. The van der Waals surface area contributed by atoms with Crippen LogP contribution >= 0.6 is 0 Å². The molecule has 12 heteroatoms. The molecular formula is C43H39F2N7O3. The van der Waals surface area contributed by atoms with E-state index < -0.39 is 18.1 Å². The zero-order valence-corrected chi connectivity index (χ0v) is 30.1. The Labute approximate surface area is 315 Å². The molecule has 6 aromatic rings. The van der Waals surface area contributed by atoms with Crippen LogP contribution in [-0.2, 0) is 15.5 Å². The van der Waals surface area contributed by atoms with E-state index >= 15 is 8.78 Å². The van der Waals surface area contributed by atoms with Gasteiger partial charge in [0.1, 0.15) is 17.7 Å². The van der Waals surface area contributed by atoms with E-state index in [9.17, 15) is 9.59 Å². The number of alkyl carbamates (subject to hydrolysis) is 1. The molecule has 4 N–H and O–H groups in total. The van der Waals surface area contributed by atoms with Crippen molar-refractivity contribution in [1.29, 1.82) is 0 Å². The van der Waals surface area contributed by atoms with Crippen molar-refractivity contribution in [3.05, 3.63) is 119 Å². The van der Waals surface area contributed by atoms with Crippen molar-refractivity contribution in [2.24, 2.45) is 5.92 Å². The van der Waals surface area contributed by atoms with Crippen molar-refractivity contribution in [3.63, 3.8) is 0 Å². The molecular weight excluding hydrogens is 701 g/mol. The lowest BCUT2D eigenvalue weighted by atomic mass is 9.96. The Balaban J connectivity index is 0.940. The molecule has 278 valence electrons. The van der Waals surface area contributed by atoms with Crippen LogP contribution in [0.4, 0.5) is 13.6 Å². The van der Waals surface area contributed by atoms with Crippen LogP contribution in [0, 0.1) is 5.92 Å². The van der Waals surface area contributed by atoms with Gasteiger partial charge in [-0.3, -0.25) is 4.79 Å². The Hall–Kier alpha value is -5.88. The molecule has 55 heavy (non-hydrogen) atoms. The number of rotatable bonds is 7. The maximum atomic E-state index is 16.3. The molecule has 10 nitrogen and oxygen atoms in total. The van der Waals surface area contributed by atoms with Gasteiger partial charge in [0, 0.05) is 22.7 Å². The molecule has 2 amide bonds. The number of piperidine rings is 1. The molecule has 0 unspecified atom stereocenters. The van der Waals surface area contributed by atoms with E-state index in [1.165, 1.54) is 7.11 Å². The van der Waals surface area contributed by atoms with Crippen LogP contribution in [0.1, 0.15) is 78.6 Å². The number of aromatic amines is 2. The lowest BCUT2D eigenvalue weighted by Crippen LogP contribution is -2.47. The highest BCUT2D eigenvalue weighted by molar-refractivity contribution is 5.89. The highest BCUT2D eigenvalue weighted by Crippen LogP contribution is 2.53. The zero-order chi connectivity index (χ0) is 37.4. The third-order valence-electron chi connectivity index (χ3n) is 12.1. The number of fused-ring (bicyclic) bond motifs is 6. The molecule has 10 rings (SSSR count). The summed E-state index contributed by atoms with van der Waals surface area (Å²) in [5, 5.41) is 6.18. The summed E-state index contributed by atoms with van der Waals surface area (Å²) in [6.07, 6.45) is 5.83. The fourth-order valence-corrected chi connectivity index (χ4v) is 9.41. The summed E-state index contributed by atoms with van der Waals surface area (Å²) in [6, 6.07) is 24.4. The number of alkyl halides is 2.